The van der Waals surface area contributed by atoms with Crippen molar-refractivity contribution in [3.05, 3.63) is 35.5 Å². The summed E-state index contributed by atoms with van der Waals surface area (Å²) in [4.78, 5) is 11.5. The first-order chi connectivity index (χ1) is 11.2. The van der Waals surface area contributed by atoms with Crippen molar-refractivity contribution in [1.29, 1.82) is 0 Å². The maximum Gasteiger partial charge on any atom is 0.132 e. The molecule has 0 aliphatic carbocycles. The Labute approximate surface area is 137 Å². The second-order valence-electron chi connectivity index (χ2n) is 5.98. The number of aryl methyl sites for hydroxylation is 2. The average Bonchev–Trinajstić information content (AvgIpc) is 3.23. The van der Waals surface area contributed by atoms with E-state index < -0.39 is 0 Å². The van der Waals surface area contributed by atoms with E-state index in [4.69, 9.17) is 4.74 Å². The summed E-state index contributed by atoms with van der Waals surface area (Å²) in [5, 5.41) is 4.35. The maximum absolute atomic E-state index is 5.50. The molecule has 1 atom stereocenters. The van der Waals surface area contributed by atoms with Gasteiger partial charge in [-0.1, -0.05) is 0 Å². The fourth-order valence-electron chi connectivity index (χ4n) is 2.95. The van der Waals surface area contributed by atoms with Crippen LogP contribution in [0.2, 0.25) is 0 Å². The summed E-state index contributed by atoms with van der Waals surface area (Å²) in [6, 6.07) is 2.13. The summed E-state index contributed by atoms with van der Waals surface area (Å²) >= 11 is 0. The first-order valence-corrected chi connectivity index (χ1v) is 8.39. The van der Waals surface area contributed by atoms with E-state index in [0.29, 0.717) is 5.92 Å². The van der Waals surface area contributed by atoms with Crippen molar-refractivity contribution in [3.63, 3.8) is 0 Å². The molecule has 2 aromatic heterocycles. The highest BCUT2D eigenvalue weighted by molar-refractivity contribution is 5.41. The van der Waals surface area contributed by atoms with Gasteiger partial charge in [-0.15, -0.1) is 0 Å². The first kappa shape index (κ1) is 15.9. The monoisotopic (exact) mass is 315 g/mol. The SMILES string of the molecule is CCN(Cc1cnn(CC)c1)c1cc([C@H]2CCOC2)nc(C)n1. The van der Waals surface area contributed by atoms with Crippen molar-refractivity contribution >= 4 is 5.82 Å². The Morgan fingerprint density at radius 1 is 1.35 bits per heavy atom. The molecule has 0 spiro atoms. The molecule has 1 aliphatic rings. The standard InChI is InChI=1S/C17H25N5O/c1-4-21(10-14-9-18-22(5-2)11-14)17-8-16(19-13(3)20-17)15-6-7-23-12-15/h8-9,11,15H,4-7,10,12H2,1-3H3/t15-/m0/s1. The number of nitrogens with zero attached hydrogens (tertiary/aromatic N) is 5. The Hall–Kier alpha value is -1.95. The van der Waals surface area contributed by atoms with E-state index in [-0.39, 0.29) is 0 Å². The van der Waals surface area contributed by atoms with Gasteiger partial charge in [0.2, 0.25) is 0 Å². The van der Waals surface area contributed by atoms with Crippen molar-refractivity contribution in [2.45, 2.75) is 46.2 Å². The first-order valence-electron chi connectivity index (χ1n) is 8.39. The Balaban J connectivity index is 1.82. The summed E-state index contributed by atoms with van der Waals surface area (Å²) in [6.45, 7) is 10.4. The highest BCUT2D eigenvalue weighted by atomic mass is 16.5. The number of aromatic nitrogens is 4. The molecule has 6 nitrogen and oxygen atoms in total. The minimum atomic E-state index is 0.400. The number of ether oxygens (including phenoxy) is 1. The van der Waals surface area contributed by atoms with Gasteiger partial charge < -0.3 is 9.64 Å². The molecule has 2 aromatic rings. The van der Waals surface area contributed by atoms with Gasteiger partial charge in [-0.25, -0.2) is 9.97 Å². The van der Waals surface area contributed by atoms with Crippen LogP contribution in [0.3, 0.4) is 0 Å². The van der Waals surface area contributed by atoms with Crippen molar-refractivity contribution in [2.24, 2.45) is 0 Å². The van der Waals surface area contributed by atoms with Crippen molar-refractivity contribution < 1.29 is 4.74 Å². The van der Waals surface area contributed by atoms with E-state index in [1.54, 1.807) is 0 Å². The van der Waals surface area contributed by atoms with Crippen LogP contribution in [0.1, 0.15) is 43.3 Å². The van der Waals surface area contributed by atoms with Crippen LogP contribution in [0.5, 0.6) is 0 Å². The summed E-state index contributed by atoms with van der Waals surface area (Å²) < 4.78 is 7.46. The molecular weight excluding hydrogens is 290 g/mol. The third kappa shape index (κ3) is 3.69. The largest absolute Gasteiger partial charge is 0.381 e. The summed E-state index contributed by atoms with van der Waals surface area (Å²) in [7, 11) is 0. The minimum absolute atomic E-state index is 0.400. The molecule has 1 aliphatic heterocycles. The third-order valence-corrected chi connectivity index (χ3v) is 4.28. The molecular formula is C17H25N5O. The Morgan fingerprint density at radius 3 is 2.87 bits per heavy atom. The molecule has 1 fully saturated rings. The molecule has 23 heavy (non-hydrogen) atoms. The van der Waals surface area contributed by atoms with E-state index >= 15 is 0 Å². The van der Waals surface area contributed by atoms with Crippen molar-refractivity contribution in [3.8, 4) is 0 Å². The van der Waals surface area contributed by atoms with Crippen LogP contribution in [-0.4, -0.2) is 39.5 Å². The zero-order valence-corrected chi connectivity index (χ0v) is 14.2. The molecule has 0 bridgehead atoms. The van der Waals surface area contributed by atoms with Gasteiger partial charge in [0.05, 0.1) is 18.5 Å². The van der Waals surface area contributed by atoms with Crippen LogP contribution in [0, 0.1) is 6.92 Å². The molecule has 3 rings (SSSR count). The van der Waals surface area contributed by atoms with Gasteiger partial charge in [-0.2, -0.15) is 5.10 Å². The summed E-state index contributed by atoms with van der Waals surface area (Å²) in [6.07, 6.45) is 5.08. The van der Waals surface area contributed by atoms with E-state index in [1.807, 2.05) is 17.8 Å². The van der Waals surface area contributed by atoms with E-state index in [2.05, 4.69) is 46.1 Å². The Bertz CT molecular complexity index is 648. The molecule has 3 heterocycles. The number of rotatable bonds is 6. The molecule has 124 valence electrons. The average molecular weight is 315 g/mol. The topological polar surface area (TPSA) is 56.1 Å². The van der Waals surface area contributed by atoms with Crippen LogP contribution < -0.4 is 4.90 Å². The van der Waals surface area contributed by atoms with Crippen molar-refractivity contribution in [2.75, 3.05) is 24.7 Å². The second-order valence-corrected chi connectivity index (χ2v) is 5.98. The number of anilines is 1. The minimum Gasteiger partial charge on any atom is -0.381 e. The molecule has 6 heteroatoms. The molecule has 0 N–H and O–H groups in total. The molecule has 0 unspecified atom stereocenters. The van der Waals surface area contributed by atoms with Gasteiger partial charge in [0.25, 0.3) is 0 Å². The molecule has 1 saturated heterocycles. The van der Waals surface area contributed by atoms with E-state index in [0.717, 1.165) is 56.6 Å². The van der Waals surface area contributed by atoms with Crippen LogP contribution >= 0.6 is 0 Å². The lowest BCUT2D eigenvalue weighted by atomic mass is 10.0. The molecule has 0 aromatic carbocycles. The Morgan fingerprint density at radius 2 is 2.22 bits per heavy atom. The van der Waals surface area contributed by atoms with Gasteiger partial charge in [0.1, 0.15) is 11.6 Å². The van der Waals surface area contributed by atoms with Gasteiger partial charge in [-0.05, 0) is 27.2 Å². The lowest BCUT2D eigenvalue weighted by molar-refractivity contribution is 0.193. The van der Waals surface area contributed by atoms with Crippen LogP contribution in [-0.2, 0) is 17.8 Å². The van der Waals surface area contributed by atoms with Crippen LogP contribution in [0.25, 0.3) is 0 Å². The third-order valence-electron chi connectivity index (χ3n) is 4.28. The molecule has 0 radical (unpaired) electrons. The highest BCUT2D eigenvalue weighted by Crippen LogP contribution is 2.26. The smallest absolute Gasteiger partial charge is 0.132 e. The lowest BCUT2D eigenvalue weighted by Gasteiger charge is -2.22. The fourth-order valence-corrected chi connectivity index (χ4v) is 2.95. The van der Waals surface area contributed by atoms with E-state index in [1.165, 1.54) is 5.56 Å². The fraction of sp³-hybridized carbons (Fsp3) is 0.588. The normalized spacial score (nSPS) is 17.6. The van der Waals surface area contributed by atoms with Gasteiger partial charge in [0, 0.05) is 50.0 Å². The van der Waals surface area contributed by atoms with Crippen LogP contribution in [0.15, 0.2) is 18.5 Å². The number of hydrogen-bond donors (Lipinski definition) is 0. The van der Waals surface area contributed by atoms with Gasteiger partial charge in [0.15, 0.2) is 0 Å². The van der Waals surface area contributed by atoms with Crippen LogP contribution in [0.4, 0.5) is 5.82 Å². The Kier molecular flexibility index (Phi) is 4.91. The molecule has 0 saturated carbocycles. The maximum atomic E-state index is 5.50. The predicted molar refractivity (Wildman–Crippen MR) is 89.6 cm³/mol. The zero-order valence-electron chi connectivity index (χ0n) is 14.2. The second kappa shape index (κ2) is 7.08. The highest BCUT2D eigenvalue weighted by Gasteiger charge is 2.21. The zero-order chi connectivity index (χ0) is 16.2. The lowest BCUT2D eigenvalue weighted by Crippen LogP contribution is -2.24. The van der Waals surface area contributed by atoms with Crippen molar-refractivity contribution in [1.82, 2.24) is 19.7 Å². The van der Waals surface area contributed by atoms with E-state index in [9.17, 15) is 0 Å². The molecule has 0 amide bonds. The van der Waals surface area contributed by atoms with Gasteiger partial charge >= 0.3 is 0 Å². The summed E-state index contributed by atoms with van der Waals surface area (Å²) in [5.41, 5.74) is 2.31. The number of hydrogen-bond acceptors (Lipinski definition) is 5. The quantitative estimate of drug-likeness (QED) is 0.820. The summed E-state index contributed by atoms with van der Waals surface area (Å²) in [5.74, 6) is 2.22. The predicted octanol–water partition coefficient (Wildman–Crippen LogP) is 2.53. The van der Waals surface area contributed by atoms with Gasteiger partial charge in [-0.3, -0.25) is 4.68 Å².